The molecule has 7 rings (SSSR count). The van der Waals surface area contributed by atoms with Crippen LogP contribution >= 0.6 is 11.6 Å². The molecule has 44 heavy (non-hydrogen) atoms. The summed E-state index contributed by atoms with van der Waals surface area (Å²) >= 11 is 6.23. The number of nitrogens with one attached hydrogen (secondary N) is 1. The lowest BCUT2D eigenvalue weighted by Gasteiger charge is -2.39. The molecule has 2 aliphatic heterocycles. The molecule has 1 aromatic heterocycles. The van der Waals surface area contributed by atoms with E-state index in [2.05, 4.69) is 15.6 Å². The number of amides is 1. The number of esters is 1. The fourth-order valence-corrected chi connectivity index (χ4v) is 6.60. The number of cyclic esters (lactones) is 1. The number of hydrogen-bond acceptors (Lipinski definition) is 10. The lowest BCUT2D eigenvalue weighted by atomic mass is 9.65. The molecule has 0 spiro atoms. The second-order valence-corrected chi connectivity index (χ2v) is 11.0. The summed E-state index contributed by atoms with van der Waals surface area (Å²) in [5.41, 5.74) is 2.94. The van der Waals surface area contributed by atoms with Crippen molar-refractivity contribution >= 4 is 29.2 Å². The van der Waals surface area contributed by atoms with Gasteiger partial charge in [-0.2, -0.15) is 0 Å². The number of fused-ring (bicyclic) bond motifs is 3. The molecule has 0 radical (unpaired) electrons. The molecule has 0 bridgehead atoms. The normalized spacial score (nSPS) is 21.2. The molecule has 3 heterocycles. The molecular formula is C31H27ClN4O8. The van der Waals surface area contributed by atoms with E-state index >= 15 is 0 Å². The molecular weight excluding hydrogens is 592 g/mol. The maximum absolute atomic E-state index is 13.5. The minimum atomic E-state index is -0.611. The van der Waals surface area contributed by atoms with Crippen molar-refractivity contribution in [3.05, 3.63) is 82.1 Å². The van der Waals surface area contributed by atoms with Crippen LogP contribution in [-0.4, -0.2) is 61.6 Å². The van der Waals surface area contributed by atoms with Crippen LogP contribution in [0.2, 0.25) is 5.02 Å². The van der Waals surface area contributed by atoms with E-state index in [0.29, 0.717) is 39.5 Å². The Hall–Kier alpha value is -4.97. The number of methoxy groups -OCH3 is 3. The molecule has 4 atom stereocenters. The first-order chi connectivity index (χ1) is 21.4. The van der Waals surface area contributed by atoms with Gasteiger partial charge in [-0.3, -0.25) is 9.59 Å². The third-order valence-electron chi connectivity index (χ3n) is 8.34. The van der Waals surface area contributed by atoms with E-state index in [4.69, 9.17) is 40.0 Å². The fraction of sp³-hybridized carbons (Fsp3) is 0.290. The van der Waals surface area contributed by atoms with E-state index in [9.17, 15) is 9.59 Å². The standard InChI is InChI=1S/C31H27ClN4O8/c1-39-24-8-15(9-25(40-2)29(24)41-3)26-16-10-22-23(44-14-43-22)11-17(16)28(18-13-42-31(38)27(18)26)36-12-21(34-35-36)30(37)33-20-7-5-4-6-19(20)32/h4-12,18,26-28H,13-14H2,1-3H3,(H,33,37)/t18-,26+,27-,28+/m0/s1. The number of hydrogen-bond donors (Lipinski definition) is 1. The molecule has 1 fully saturated rings. The summed E-state index contributed by atoms with van der Waals surface area (Å²) in [6, 6.07) is 13.9. The molecule has 1 aliphatic carbocycles. The van der Waals surface area contributed by atoms with Gasteiger partial charge in [-0.05, 0) is 53.1 Å². The number of nitrogens with zero attached hydrogens (tertiary/aromatic N) is 3. The predicted molar refractivity (Wildman–Crippen MR) is 156 cm³/mol. The van der Waals surface area contributed by atoms with E-state index in [1.807, 2.05) is 24.3 Å². The molecule has 4 aromatic rings. The van der Waals surface area contributed by atoms with Crippen molar-refractivity contribution in [3.63, 3.8) is 0 Å². The SMILES string of the molecule is COc1cc([C@@H]2c3cc4c(cc3[C@@H](n3cc(C(=O)Nc5ccccc5Cl)nn3)[C@H]3COC(=O)[C@H]23)OCO4)cc(OC)c1OC. The van der Waals surface area contributed by atoms with Crippen molar-refractivity contribution in [3.8, 4) is 28.7 Å². The Labute approximate surface area is 256 Å². The quantitative estimate of drug-likeness (QED) is 0.296. The van der Waals surface area contributed by atoms with Crippen LogP contribution < -0.4 is 29.0 Å². The van der Waals surface area contributed by atoms with Crippen LogP contribution in [0.25, 0.3) is 0 Å². The zero-order valence-corrected chi connectivity index (χ0v) is 24.7. The Bertz CT molecular complexity index is 1770. The van der Waals surface area contributed by atoms with Crippen molar-refractivity contribution in [2.75, 3.05) is 40.0 Å². The summed E-state index contributed by atoms with van der Waals surface area (Å²) in [5, 5.41) is 11.7. The average molecular weight is 619 g/mol. The number of aromatic nitrogens is 3. The summed E-state index contributed by atoms with van der Waals surface area (Å²) in [7, 11) is 4.62. The van der Waals surface area contributed by atoms with E-state index in [1.54, 1.807) is 49.4 Å². The number of halogens is 1. The third kappa shape index (κ3) is 4.44. The van der Waals surface area contributed by atoms with Gasteiger partial charge in [0.05, 0.1) is 56.8 Å². The summed E-state index contributed by atoms with van der Waals surface area (Å²) in [6.45, 7) is 0.215. The Morgan fingerprint density at radius 3 is 2.36 bits per heavy atom. The van der Waals surface area contributed by atoms with Crippen LogP contribution in [0.1, 0.15) is 39.1 Å². The van der Waals surface area contributed by atoms with E-state index < -0.39 is 23.8 Å². The maximum Gasteiger partial charge on any atom is 0.310 e. The zero-order chi connectivity index (χ0) is 30.5. The van der Waals surface area contributed by atoms with Crippen molar-refractivity contribution in [2.45, 2.75) is 12.0 Å². The zero-order valence-electron chi connectivity index (χ0n) is 23.9. The topological polar surface area (TPSA) is 132 Å². The van der Waals surface area contributed by atoms with Crippen LogP contribution in [-0.2, 0) is 9.53 Å². The molecule has 0 saturated carbocycles. The first-order valence-electron chi connectivity index (χ1n) is 13.8. The van der Waals surface area contributed by atoms with E-state index in [1.165, 1.54) is 7.11 Å². The number of carbonyl (C=O) groups excluding carboxylic acids is 2. The number of rotatable bonds is 7. The molecule has 1 amide bonds. The fourth-order valence-electron chi connectivity index (χ4n) is 6.42. The highest BCUT2D eigenvalue weighted by Crippen LogP contribution is 2.56. The summed E-state index contributed by atoms with van der Waals surface area (Å²) in [4.78, 5) is 26.6. The minimum absolute atomic E-state index is 0.0718. The highest BCUT2D eigenvalue weighted by Gasteiger charge is 2.53. The van der Waals surface area contributed by atoms with Gasteiger partial charge in [-0.15, -0.1) is 5.10 Å². The molecule has 3 aliphatic rings. The van der Waals surface area contributed by atoms with E-state index in [-0.39, 0.29) is 31.0 Å². The maximum atomic E-state index is 13.5. The second-order valence-electron chi connectivity index (χ2n) is 10.6. The monoisotopic (exact) mass is 618 g/mol. The predicted octanol–water partition coefficient (Wildman–Crippen LogP) is 4.46. The van der Waals surface area contributed by atoms with Gasteiger partial charge >= 0.3 is 5.97 Å². The summed E-state index contributed by atoms with van der Waals surface area (Å²) in [5.74, 6) is 0.224. The first-order valence-corrected chi connectivity index (χ1v) is 14.2. The van der Waals surface area contributed by atoms with Crippen LogP contribution in [0.5, 0.6) is 28.7 Å². The Morgan fingerprint density at radius 1 is 0.977 bits per heavy atom. The van der Waals surface area contributed by atoms with Gasteiger partial charge in [0, 0.05) is 11.8 Å². The number of ether oxygens (including phenoxy) is 6. The molecule has 12 nitrogen and oxygen atoms in total. The second kappa shape index (κ2) is 10.9. The lowest BCUT2D eigenvalue weighted by Crippen LogP contribution is -2.37. The average Bonchev–Trinajstić information content (AvgIpc) is 3.80. The summed E-state index contributed by atoms with van der Waals surface area (Å²) < 4.78 is 35.6. The molecule has 0 unspecified atom stereocenters. The smallest absolute Gasteiger partial charge is 0.310 e. The van der Waals surface area contributed by atoms with Gasteiger partial charge in [0.25, 0.3) is 5.91 Å². The van der Waals surface area contributed by atoms with Crippen LogP contribution in [0.15, 0.2) is 54.7 Å². The molecule has 13 heteroatoms. The first kappa shape index (κ1) is 27.8. The summed E-state index contributed by atoms with van der Waals surface area (Å²) in [6.07, 6.45) is 1.56. The van der Waals surface area contributed by atoms with Crippen LogP contribution in [0.3, 0.4) is 0 Å². The van der Waals surface area contributed by atoms with Gasteiger partial charge in [0.15, 0.2) is 28.7 Å². The largest absolute Gasteiger partial charge is 0.493 e. The van der Waals surface area contributed by atoms with Gasteiger partial charge < -0.3 is 33.7 Å². The molecule has 1 N–H and O–H groups in total. The van der Waals surface area contributed by atoms with Crippen molar-refractivity contribution in [2.24, 2.45) is 11.8 Å². The van der Waals surface area contributed by atoms with Gasteiger partial charge in [-0.1, -0.05) is 28.9 Å². The number of anilines is 1. The van der Waals surface area contributed by atoms with Gasteiger partial charge in [0.2, 0.25) is 12.5 Å². The molecule has 3 aromatic carbocycles. The number of carbonyl (C=O) groups is 2. The Balaban J connectivity index is 1.35. The van der Waals surface area contributed by atoms with Gasteiger partial charge in [0.1, 0.15) is 0 Å². The number of para-hydroxylation sites is 1. The highest BCUT2D eigenvalue weighted by atomic mass is 35.5. The molecule has 1 saturated heterocycles. The van der Waals surface area contributed by atoms with Crippen molar-refractivity contribution in [1.29, 1.82) is 0 Å². The highest BCUT2D eigenvalue weighted by molar-refractivity contribution is 6.33. The van der Waals surface area contributed by atoms with E-state index in [0.717, 1.165) is 16.7 Å². The molecule has 226 valence electrons. The lowest BCUT2D eigenvalue weighted by molar-refractivity contribution is -0.141. The van der Waals surface area contributed by atoms with Crippen molar-refractivity contribution in [1.82, 2.24) is 15.0 Å². The third-order valence-corrected chi connectivity index (χ3v) is 8.67. The Morgan fingerprint density at radius 2 is 1.68 bits per heavy atom. The van der Waals surface area contributed by atoms with Crippen LogP contribution in [0, 0.1) is 11.8 Å². The Kier molecular flexibility index (Phi) is 6.92. The van der Waals surface area contributed by atoms with Crippen molar-refractivity contribution < 1.29 is 38.0 Å². The van der Waals surface area contributed by atoms with Gasteiger partial charge in [-0.25, -0.2) is 4.68 Å². The number of benzene rings is 3. The minimum Gasteiger partial charge on any atom is -0.493 e. The van der Waals surface area contributed by atoms with Crippen LogP contribution in [0.4, 0.5) is 5.69 Å².